The van der Waals surface area contributed by atoms with Crippen LogP contribution in [0.3, 0.4) is 0 Å². The second-order valence-electron chi connectivity index (χ2n) is 7.91. The lowest BCUT2D eigenvalue weighted by Gasteiger charge is -2.48. The Hall–Kier alpha value is -3.22. The van der Waals surface area contributed by atoms with Crippen molar-refractivity contribution in [3.8, 4) is 0 Å². The molecule has 32 heavy (non-hydrogen) atoms. The molecule has 3 aliphatic carbocycles. The monoisotopic (exact) mass is 458 g/mol. The summed E-state index contributed by atoms with van der Waals surface area (Å²) >= 11 is 2.69. The Bertz CT molecular complexity index is 1150. The lowest BCUT2D eigenvalue weighted by molar-refractivity contribution is -0.0553. The van der Waals surface area contributed by atoms with Gasteiger partial charge in [0, 0.05) is 0 Å². The highest BCUT2D eigenvalue weighted by Gasteiger charge is 2.53. The van der Waals surface area contributed by atoms with Crippen molar-refractivity contribution in [3.63, 3.8) is 0 Å². The van der Waals surface area contributed by atoms with Crippen molar-refractivity contribution in [1.29, 1.82) is 0 Å². The largest absolute Gasteiger partial charge is 0.453 e. The van der Waals surface area contributed by atoms with Crippen molar-refractivity contribution in [2.24, 2.45) is 0 Å². The van der Waals surface area contributed by atoms with E-state index in [2.05, 4.69) is 24.3 Å². The molecule has 2 heterocycles. The molecule has 2 bridgehead atoms. The molecule has 3 aliphatic rings. The molecule has 158 valence electrons. The predicted molar refractivity (Wildman–Crippen MR) is 124 cm³/mol. The van der Waals surface area contributed by atoms with E-state index in [1.165, 1.54) is 22.7 Å². The molecule has 0 spiro atoms. The summed E-state index contributed by atoms with van der Waals surface area (Å²) in [5, 5.41) is 3.70. The van der Waals surface area contributed by atoms with Crippen molar-refractivity contribution in [3.05, 3.63) is 116 Å². The van der Waals surface area contributed by atoms with Gasteiger partial charge in [-0.05, 0) is 45.1 Å². The number of carbonyl (C=O) groups is 2. The average Bonchev–Trinajstić information content (AvgIpc) is 3.55. The van der Waals surface area contributed by atoms with Gasteiger partial charge in [0.25, 0.3) is 0 Å². The van der Waals surface area contributed by atoms with E-state index in [9.17, 15) is 9.59 Å². The summed E-state index contributed by atoms with van der Waals surface area (Å²) < 4.78 is 12.2. The molecule has 2 unspecified atom stereocenters. The van der Waals surface area contributed by atoms with Crippen LogP contribution in [0.4, 0.5) is 0 Å². The van der Waals surface area contributed by atoms with E-state index in [4.69, 9.17) is 9.47 Å². The Labute approximate surface area is 193 Å². The summed E-state index contributed by atoms with van der Waals surface area (Å²) in [6.07, 6.45) is -1.22. The van der Waals surface area contributed by atoms with E-state index < -0.39 is 12.2 Å². The molecule has 0 radical (unpaired) electrons. The number of hydrogen-bond acceptors (Lipinski definition) is 6. The number of hydrogen-bond donors (Lipinski definition) is 0. The van der Waals surface area contributed by atoms with Gasteiger partial charge in [-0.3, -0.25) is 0 Å². The van der Waals surface area contributed by atoms with Gasteiger partial charge in [0.1, 0.15) is 9.75 Å². The number of rotatable bonds is 4. The van der Waals surface area contributed by atoms with E-state index in [0.29, 0.717) is 9.75 Å². The van der Waals surface area contributed by atoms with Gasteiger partial charge in [0.15, 0.2) is 12.2 Å². The molecule has 2 atom stereocenters. The van der Waals surface area contributed by atoms with Crippen molar-refractivity contribution in [1.82, 2.24) is 0 Å². The van der Waals surface area contributed by atoms with Crippen LogP contribution in [0.15, 0.2) is 83.6 Å². The maximum atomic E-state index is 13.0. The second-order valence-corrected chi connectivity index (χ2v) is 9.80. The summed E-state index contributed by atoms with van der Waals surface area (Å²) in [7, 11) is 0. The molecule has 4 aromatic rings. The van der Waals surface area contributed by atoms with Crippen LogP contribution < -0.4 is 0 Å². The quantitative estimate of drug-likeness (QED) is 0.360. The Kier molecular flexibility index (Phi) is 4.70. The molecule has 0 fully saturated rings. The van der Waals surface area contributed by atoms with Crippen LogP contribution in [-0.2, 0) is 9.47 Å². The molecule has 4 nitrogen and oxygen atoms in total. The van der Waals surface area contributed by atoms with Crippen LogP contribution in [0, 0.1) is 0 Å². The molecule has 7 rings (SSSR count). The van der Waals surface area contributed by atoms with Crippen LogP contribution in [0.2, 0.25) is 0 Å². The zero-order chi connectivity index (χ0) is 21.7. The second kappa shape index (κ2) is 7.73. The fourth-order valence-corrected chi connectivity index (χ4v) is 6.21. The Morgan fingerprint density at radius 3 is 1.25 bits per heavy atom. The number of carbonyl (C=O) groups excluding carboxylic acids is 2. The van der Waals surface area contributed by atoms with E-state index >= 15 is 0 Å². The van der Waals surface area contributed by atoms with Crippen molar-refractivity contribution in [2.45, 2.75) is 24.0 Å². The van der Waals surface area contributed by atoms with Gasteiger partial charge in [0.05, 0.1) is 11.8 Å². The first kappa shape index (κ1) is 19.5. The third-order valence-corrected chi connectivity index (χ3v) is 7.94. The van der Waals surface area contributed by atoms with Crippen LogP contribution in [0.5, 0.6) is 0 Å². The molecule has 0 N–H and O–H groups in total. The average molecular weight is 459 g/mol. The molecule has 0 saturated heterocycles. The van der Waals surface area contributed by atoms with Gasteiger partial charge in [0.2, 0.25) is 0 Å². The van der Waals surface area contributed by atoms with E-state index in [1.807, 2.05) is 47.2 Å². The SMILES string of the molecule is O=C(OC1C(OC(=O)c2cccs2)[C@H]2c3ccccc3[C@H]1c1ccccc12)c1cccs1. The standard InChI is InChI=1S/C26H18O4S2/c27-25(19-11-5-13-31-19)29-23-21-15-7-1-2-8-16(15)22(18-10-4-3-9-17(18)21)24(23)30-26(28)20-12-6-14-32-20/h1-14,21-24H/t21-,22-,23?,24?. The van der Waals surface area contributed by atoms with Crippen molar-refractivity contribution < 1.29 is 19.1 Å². The van der Waals surface area contributed by atoms with E-state index in [-0.39, 0.29) is 23.8 Å². The first-order valence-electron chi connectivity index (χ1n) is 10.4. The number of benzene rings is 2. The first-order valence-corrected chi connectivity index (χ1v) is 12.1. The van der Waals surface area contributed by atoms with E-state index in [1.54, 1.807) is 12.1 Å². The summed E-state index contributed by atoms with van der Waals surface area (Å²) in [5.41, 5.74) is 4.51. The molecule has 0 amide bonds. The predicted octanol–water partition coefficient (Wildman–Crippen LogP) is 5.85. The molecule has 0 saturated carbocycles. The minimum absolute atomic E-state index is 0.197. The highest BCUT2D eigenvalue weighted by atomic mass is 32.1. The Morgan fingerprint density at radius 1 is 0.562 bits per heavy atom. The molecule has 0 aliphatic heterocycles. The molecule has 6 heteroatoms. The zero-order valence-corrected chi connectivity index (χ0v) is 18.5. The molecular formula is C26H18O4S2. The van der Waals surface area contributed by atoms with Crippen LogP contribution in [0.25, 0.3) is 0 Å². The highest BCUT2D eigenvalue weighted by molar-refractivity contribution is 7.12. The summed E-state index contributed by atoms with van der Waals surface area (Å²) in [4.78, 5) is 27.0. The molecular weight excluding hydrogens is 440 g/mol. The van der Waals surface area contributed by atoms with Crippen molar-refractivity contribution in [2.75, 3.05) is 0 Å². The van der Waals surface area contributed by atoms with Gasteiger partial charge in [-0.15, -0.1) is 22.7 Å². The van der Waals surface area contributed by atoms with Gasteiger partial charge in [-0.1, -0.05) is 60.7 Å². The fourth-order valence-electron chi connectivity index (χ4n) is 5.00. The minimum Gasteiger partial charge on any atom is -0.453 e. The van der Waals surface area contributed by atoms with Gasteiger partial charge < -0.3 is 9.47 Å². The maximum absolute atomic E-state index is 13.0. The molecule has 2 aromatic carbocycles. The first-order chi connectivity index (χ1) is 15.7. The van der Waals surface area contributed by atoms with Crippen LogP contribution in [-0.4, -0.2) is 24.1 Å². The topological polar surface area (TPSA) is 52.6 Å². The van der Waals surface area contributed by atoms with Crippen LogP contribution in [0.1, 0.15) is 53.4 Å². The Balaban J connectivity index is 1.47. The zero-order valence-electron chi connectivity index (χ0n) is 16.8. The number of esters is 2. The lowest BCUT2D eigenvalue weighted by Crippen LogP contribution is -2.51. The molecule has 2 aromatic heterocycles. The third-order valence-electron chi connectivity index (χ3n) is 6.24. The lowest BCUT2D eigenvalue weighted by atomic mass is 9.61. The van der Waals surface area contributed by atoms with Gasteiger partial charge in [-0.25, -0.2) is 9.59 Å². The third kappa shape index (κ3) is 3.02. The van der Waals surface area contributed by atoms with E-state index in [0.717, 1.165) is 22.3 Å². The maximum Gasteiger partial charge on any atom is 0.348 e. The van der Waals surface area contributed by atoms with Gasteiger partial charge >= 0.3 is 11.9 Å². The Morgan fingerprint density at radius 2 is 0.938 bits per heavy atom. The fraction of sp³-hybridized carbons (Fsp3) is 0.154. The highest BCUT2D eigenvalue weighted by Crippen LogP contribution is 2.54. The normalized spacial score (nSPS) is 22.6. The summed E-state index contributed by atoms with van der Waals surface area (Å²) in [6.45, 7) is 0. The van der Waals surface area contributed by atoms with Crippen LogP contribution >= 0.6 is 22.7 Å². The minimum atomic E-state index is -0.608. The van der Waals surface area contributed by atoms with Gasteiger partial charge in [-0.2, -0.15) is 0 Å². The summed E-state index contributed by atoms with van der Waals surface area (Å²) in [6, 6.07) is 23.5. The summed E-state index contributed by atoms with van der Waals surface area (Å²) in [5.74, 6) is -1.16. The smallest absolute Gasteiger partial charge is 0.348 e. The van der Waals surface area contributed by atoms with Crippen molar-refractivity contribution >= 4 is 34.6 Å². The number of thiophene rings is 2. The number of fused-ring (bicyclic) bond motifs is 1. The number of ether oxygens (including phenoxy) is 2.